The van der Waals surface area contributed by atoms with Crippen molar-refractivity contribution in [1.29, 1.82) is 0 Å². The van der Waals surface area contributed by atoms with Crippen molar-refractivity contribution in [2.45, 2.75) is 38.1 Å². The molecule has 0 spiro atoms. The summed E-state index contributed by atoms with van der Waals surface area (Å²) in [5.74, 6) is -0.128. The number of thiazole rings is 1. The number of aromatic nitrogens is 1. The number of benzene rings is 1. The van der Waals surface area contributed by atoms with Gasteiger partial charge >= 0.3 is 0 Å². The molecule has 1 aromatic carbocycles. The van der Waals surface area contributed by atoms with Gasteiger partial charge < -0.3 is 11.1 Å². The van der Waals surface area contributed by atoms with Crippen molar-refractivity contribution in [3.05, 3.63) is 51.7 Å². The minimum absolute atomic E-state index is 0.171. The third kappa shape index (κ3) is 3.99. The van der Waals surface area contributed by atoms with Gasteiger partial charge in [-0.25, -0.2) is 9.37 Å². The molecule has 0 aliphatic heterocycles. The van der Waals surface area contributed by atoms with Crippen LogP contribution in [0.5, 0.6) is 0 Å². The predicted molar refractivity (Wildman–Crippen MR) is 93.4 cm³/mol. The first-order valence-corrected chi connectivity index (χ1v) is 9.26. The smallest absolute Gasteiger partial charge is 0.271 e. The number of rotatable bonds is 6. The van der Waals surface area contributed by atoms with E-state index in [1.807, 2.05) is 6.07 Å². The highest BCUT2D eigenvalue weighted by Crippen LogP contribution is 2.36. The molecule has 1 heterocycles. The molecule has 0 saturated heterocycles. The first kappa shape index (κ1) is 17.0. The number of carbonyl (C=O) groups excluding carboxylic acids is 1. The summed E-state index contributed by atoms with van der Waals surface area (Å²) in [5.41, 5.74) is 6.78. The zero-order valence-electron chi connectivity index (χ0n) is 13.5. The SMILES string of the molecule is NCCc1nc(C(=O)NC(c2cccc(F)c2)C2CCCC2)cs1. The molecule has 3 rings (SSSR count). The molecule has 4 nitrogen and oxygen atoms in total. The van der Waals surface area contributed by atoms with Crippen molar-refractivity contribution >= 4 is 17.2 Å². The van der Waals surface area contributed by atoms with Gasteiger partial charge in [0.15, 0.2) is 0 Å². The Labute approximate surface area is 145 Å². The van der Waals surface area contributed by atoms with Gasteiger partial charge in [-0.05, 0) is 43.0 Å². The highest BCUT2D eigenvalue weighted by molar-refractivity contribution is 7.09. The lowest BCUT2D eigenvalue weighted by atomic mass is 9.91. The van der Waals surface area contributed by atoms with E-state index in [4.69, 9.17) is 5.73 Å². The van der Waals surface area contributed by atoms with E-state index in [9.17, 15) is 9.18 Å². The minimum Gasteiger partial charge on any atom is -0.344 e. The maximum atomic E-state index is 13.6. The lowest BCUT2D eigenvalue weighted by Gasteiger charge is -2.25. The second kappa shape index (κ2) is 7.85. The summed E-state index contributed by atoms with van der Waals surface area (Å²) < 4.78 is 13.6. The van der Waals surface area contributed by atoms with Crippen LogP contribution in [0, 0.1) is 11.7 Å². The Morgan fingerprint density at radius 1 is 1.42 bits per heavy atom. The molecule has 1 fully saturated rings. The maximum Gasteiger partial charge on any atom is 0.271 e. The number of hydrogen-bond acceptors (Lipinski definition) is 4. The lowest BCUT2D eigenvalue weighted by Crippen LogP contribution is -2.33. The molecule has 3 N–H and O–H groups in total. The molecule has 1 saturated carbocycles. The van der Waals surface area contributed by atoms with Crippen molar-refractivity contribution in [2.24, 2.45) is 11.7 Å². The fourth-order valence-electron chi connectivity index (χ4n) is 3.33. The Morgan fingerprint density at radius 2 is 2.21 bits per heavy atom. The van der Waals surface area contributed by atoms with E-state index in [2.05, 4.69) is 10.3 Å². The summed E-state index contributed by atoms with van der Waals surface area (Å²) in [6.07, 6.45) is 5.09. The van der Waals surface area contributed by atoms with Crippen LogP contribution in [-0.2, 0) is 6.42 Å². The summed E-state index contributed by atoms with van der Waals surface area (Å²) in [6.45, 7) is 0.516. The van der Waals surface area contributed by atoms with E-state index in [1.165, 1.54) is 23.5 Å². The van der Waals surface area contributed by atoms with Crippen LogP contribution in [-0.4, -0.2) is 17.4 Å². The first-order valence-electron chi connectivity index (χ1n) is 8.38. The van der Waals surface area contributed by atoms with Gasteiger partial charge in [0.25, 0.3) is 5.91 Å². The number of amides is 1. The van der Waals surface area contributed by atoms with Gasteiger partial charge in [-0.1, -0.05) is 25.0 Å². The molecule has 1 unspecified atom stereocenters. The summed E-state index contributed by atoms with van der Waals surface area (Å²) >= 11 is 1.45. The average molecular weight is 347 g/mol. The van der Waals surface area contributed by atoms with Crippen molar-refractivity contribution < 1.29 is 9.18 Å². The molecule has 1 aliphatic rings. The van der Waals surface area contributed by atoms with Crippen LogP contribution < -0.4 is 11.1 Å². The van der Waals surface area contributed by atoms with Crippen molar-refractivity contribution in [3.8, 4) is 0 Å². The molecule has 6 heteroatoms. The van der Waals surface area contributed by atoms with E-state index >= 15 is 0 Å². The molecule has 0 radical (unpaired) electrons. The number of halogens is 1. The maximum absolute atomic E-state index is 13.6. The molecule has 0 bridgehead atoms. The number of carbonyl (C=O) groups is 1. The Morgan fingerprint density at radius 3 is 2.92 bits per heavy atom. The molecule has 1 amide bonds. The van der Waals surface area contributed by atoms with Gasteiger partial charge in [0.2, 0.25) is 0 Å². The summed E-state index contributed by atoms with van der Waals surface area (Å²) in [5, 5.41) is 5.71. The van der Waals surface area contributed by atoms with Crippen molar-refractivity contribution in [3.63, 3.8) is 0 Å². The molecule has 1 atom stereocenters. The third-order valence-corrected chi connectivity index (χ3v) is 5.42. The highest BCUT2D eigenvalue weighted by atomic mass is 32.1. The van der Waals surface area contributed by atoms with Crippen LogP contribution in [0.25, 0.3) is 0 Å². The fourth-order valence-corrected chi connectivity index (χ4v) is 4.13. The first-order chi connectivity index (χ1) is 11.7. The Bertz CT molecular complexity index is 697. The normalized spacial score (nSPS) is 16.2. The standard InChI is InChI=1S/C18H22FN3OS/c19-14-7-3-6-13(10-14)17(12-4-1-2-5-12)22-18(23)15-11-24-16(21-15)8-9-20/h3,6-7,10-12,17H,1-2,4-5,8-9,20H2,(H,22,23). The number of hydrogen-bond donors (Lipinski definition) is 2. The van der Waals surface area contributed by atoms with Crippen LogP contribution >= 0.6 is 11.3 Å². The molecular formula is C18H22FN3OS. The van der Waals surface area contributed by atoms with Crippen molar-refractivity contribution in [1.82, 2.24) is 10.3 Å². The number of nitrogens with one attached hydrogen (secondary N) is 1. The van der Waals surface area contributed by atoms with E-state index in [1.54, 1.807) is 11.4 Å². The van der Waals surface area contributed by atoms with Crippen LogP contribution in [0.4, 0.5) is 4.39 Å². The highest BCUT2D eigenvalue weighted by Gasteiger charge is 2.28. The summed E-state index contributed by atoms with van der Waals surface area (Å²) in [7, 11) is 0. The Hall–Kier alpha value is -1.79. The average Bonchev–Trinajstić information content (AvgIpc) is 3.24. The second-order valence-corrected chi connectivity index (χ2v) is 7.16. The van der Waals surface area contributed by atoms with Crippen LogP contribution in [0.2, 0.25) is 0 Å². The van der Waals surface area contributed by atoms with Gasteiger partial charge in [0, 0.05) is 11.8 Å². The van der Waals surface area contributed by atoms with Gasteiger partial charge in [-0.15, -0.1) is 11.3 Å². The quantitative estimate of drug-likeness (QED) is 0.841. The molecule has 24 heavy (non-hydrogen) atoms. The Balaban J connectivity index is 1.79. The molecule has 1 aromatic heterocycles. The largest absolute Gasteiger partial charge is 0.344 e. The van der Waals surface area contributed by atoms with E-state index in [0.29, 0.717) is 24.6 Å². The van der Waals surface area contributed by atoms with Crippen LogP contribution in [0.15, 0.2) is 29.6 Å². The zero-order valence-corrected chi connectivity index (χ0v) is 14.3. The molecule has 1 aliphatic carbocycles. The Kier molecular flexibility index (Phi) is 5.58. The van der Waals surface area contributed by atoms with Gasteiger partial charge in [0.05, 0.1) is 11.0 Å². The number of nitrogens with zero attached hydrogens (tertiary/aromatic N) is 1. The van der Waals surface area contributed by atoms with Crippen molar-refractivity contribution in [2.75, 3.05) is 6.54 Å². The second-order valence-electron chi connectivity index (χ2n) is 6.22. The topological polar surface area (TPSA) is 68.0 Å². The van der Waals surface area contributed by atoms with E-state index in [-0.39, 0.29) is 17.8 Å². The lowest BCUT2D eigenvalue weighted by molar-refractivity contribution is 0.0917. The van der Waals surface area contributed by atoms with Crippen LogP contribution in [0.1, 0.15) is 52.8 Å². The monoisotopic (exact) mass is 347 g/mol. The zero-order chi connectivity index (χ0) is 16.9. The molecule has 2 aromatic rings. The van der Waals surface area contributed by atoms with Gasteiger partial charge in [0.1, 0.15) is 11.5 Å². The van der Waals surface area contributed by atoms with Crippen LogP contribution in [0.3, 0.4) is 0 Å². The van der Waals surface area contributed by atoms with Gasteiger partial charge in [-0.3, -0.25) is 4.79 Å². The predicted octanol–water partition coefficient (Wildman–Crippen LogP) is 3.44. The van der Waals surface area contributed by atoms with Gasteiger partial charge in [-0.2, -0.15) is 0 Å². The fraction of sp³-hybridized carbons (Fsp3) is 0.444. The number of nitrogens with two attached hydrogens (primary N) is 1. The molecular weight excluding hydrogens is 325 g/mol. The minimum atomic E-state index is -0.274. The van der Waals surface area contributed by atoms with E-state index < -0.39 is 0 Å². The molecule has 128 valence electrons. The summed E-state index contributed by atoms with van der Waals surface area (Å²) in [6, 6.07) is 6.35. The summed E-state index contributed by atoms with van der Waals surface area (Å²) in [4.78, 5) is 16.9. The third-order valence-electron chi connectivity index (χ3n) is 4.51. The van der Waals surface area contributed by atoms with E-state index in [0.717, 1.165) is 36.3 Å².